The highest BCUT2D eigenvalue weighted by Crippen LogP contribution is 2.47. The number of fused-ring (bicyclic) bond motifs is 4. The highest BCUT2D eigenvalue weighted by atomic mass is 19.1. The van der Waals surface area contributed by atoms with E-state index in [1.54, 1.807) is 11.6 Å². The van der Waals surface area contributed by atoms with Gasteiger partial charge in [0, 0.05) is 54.6 Å². The minimum absolute atomic E-state index is 0.0725. The van der Waals surface area contributed by atoms with Crippen LogP contribution in [0.25, 0.3) is 10.9 Å². The molecule has 3 heterocycles. The second-order valence-electron chi connectivity index (χ2n) is 7.82. The maximum atomic E-state index is 14.1. The van der Waals surface area contributed by atoms with Crippen molar-refractivity contribution >= 4 is 28.6 Å². The van der Waals surface area contributed by atoms with Crippen molar-refractivity contribution < 1.29 is 28.2 Å². The quantitative estimate of drug-likeness (QED) is 0.636. The number of benzene rings is 1. The van der Waals surface area contributed by atoms with Crippen LogP contribution in [-0.2, 0) is 38.3 Å². The first-order valence-electron chi connectivity index (χ1n) is 9.74. The lowest BCUT2D eigenvalue weighted by atomic mass is 9.78. The molecule has 31 heavy (non-hydrogen) atoms. The number of H-pyrrole nitrogens is 1. The fourth-order valence-corrected chi connectivity index (χ4v) is 4.55. The summed E-state index contributed by atoms with van der Waals surface area (Å²) in [7, 11) is 1.66. The maximum absolute atomic E-state index is 14.1. The van der Waals surface area contributed by atoms with Crippen LogP contribution in [0, 0.1) is 18.7 Å². The van der Waals surface area contributed by atoms with Gasteiger partial charge in [-0.2, -0.15) is 0 Å². The number of nitrogens with zero attached hydrogens (tertiary/aromatic N) is 2. The zero-order chi connectivity index (χ0) is 21.9. The van der Waals surface area contributed by atoms with Crippen molar-refractivity contribution in [1.82, 2.24) is 14.5 Å². The number of rotatable bonds is 2. The number of nitrogens with one attached hydrogen (secondary N) is 1. The Morgan fingerprint density at radius 1 is 1.23 bits per heavy atom. The fraction of sp³-hybridized carbons (Fsp3) is 0.273. The number of aromatic amines is 1. The molecule has 1 atom stereocenters. The Morgan fingerprint density at radius 3 is 2.58 bits per heavy atom. The number of ether oxygens (including phenoxy) is 2. The van der Waals surface area contributed by atoms with Gasteiger partial charge in [0.25, 0.3) is 0 Å². The SMILES string of the molecule is Cc1[nH]cnc1CC1CC2(OC(=O)C=CC(=O)O2)c2c(c3cc(F)ccc3n2C)C1=O. The molecular formula is C22H18FN3O5. The van der Waals surface area contributed by atoms with Crippen LogP contribution in [0.1, 0.15) is 33.9 Å². The van der Waals surface area contributed by atoms with Gasteiger partial charge in [0.1, 0.15) is 11.5 Å². The average molecular weight is 423 g/mol. The second kappa shape index (κ2) is 6.63. The molecule has 1 spiro atoms. The van der Waals surface area contributed by atoms with Crippen LogP contribution in [0.2, 0.25) is 0 Å². The first-order valence-corrected chi connectivity index (χ1v) is 9.74. The Bertz CT molecular complexity index is 1280. The predicted octanol–water partition coefficient (Wildman–Crippen LogP) is 2.60. The van der Waals surface area contributed by atoms with Crippen molar-refractivity contribution in [3.8, 4) is 0 Å². The molecule has 5 rings (SSSR count). The third-order valence-corrected chi connectivity index (χ3v) is 5.92. The number of carbonyl (C=O) groups is 3. The largest absolute Gasteiger partial charge is 0.413 e. The van der Waals surface area contributed by atoms with E-state index in [9.17, 15) is 18.8 Å². The molecule has 1 unspecified atom stereocenters. The van der Waals surface area contributed by atoms with Crippen molar-refractivity contribution in [2.45, 2.75) is 25.6 Å². The zero-order valence-electron chi connectivity index (χ0n) is 16.8. The number of aromatic nitrogens is 3. The van der Waals surface area contributed by atoms with Gasteiger partial charge in [0.2, 0.25) is 0 Å². The smallest absolute Gasteiger partial charge is 0.334 e. The molecule has 2 aliphatic rings. The van der Waals surface area contributed by atoms with Crippen molar-refractivity contribution in [3.05, 3.63) is 65.1 Å². The van der Waals surface area contributed by atoms with Crippen LogP contribution >= 0.6 is 0 Å². The van der Waals surface area contributed by atoms with E-state index in [0.29, 0.717) is 16.6 Å². The van der Waals surface area contributed by atoms with E-state index >= 15 is 0 Å². The molecule has 158 valence electrons. The summed E-state index contributed by atoms with van der Waals surface area (Å²) >= 11 is 0. The lowest BCUT2D eigenvalue weighted by molar-refractivity contribution is -0.235. The van der Waals surface area contributed by atoms with Crippen LogP contribution < -0.4 is 0 Å². The number of halogens is 1. The first-order chi connectivity index (χ1) is 14.8. The van der Waals surface area contributed by atoms with Crippen molar-refractivity contribution in [2.75, 3.05) is 0 Å². The van der Waals surface area contributed by atoms with E-state index in [0.717, 1.165) is 17.8 Å². The second-order valence-corrected chi connectivity index (χ2v) is 7.82. The molecule has 2 aromatic heterocycles. The lowest BCUT2D eigenvalue weighted by Crippen LogP contribution is -2.45. The van der Waals surface area contributed by atoms with Crippen LogP contribution in [0.5, 0.6) is 0 Å². The average Bonchev–Trinajstić information content (AvgIpc) is 3.20. The highest BCUT2D eigenvalue weighted by Gasteiger charge is 2.54. The fourth-order valence-electron chi connectivity index (χ4n) is 4.55. The standard InChI is InChI=1S/C22H18FN3O5/c1-11-15(25-10-24-11)7-12-9-22(30-17(27)5-6-18(28)31-22)21-19(20(12)29)14-8-13(23)3-4-16(14)26(21)2/h3-6,8,10,12H,7,9H2,1-2H3,(H,24,25). The molecule has 3 aromatic rings. The number of ketones is 1. The molecule has 8 nitrogen and oxygen atoms in total. The first kappa shape index (κ1) is 19.2. The van der Waals surface area contributed by atoms with Gasteiger partial charge in [-0.3, -0.25) is 4.79 Å². The number of aryl methyl sites for hydroxylation is 2. The summed E-state index contributed by atoms with van der Waals surface area (Å²) in [5.41, 5.74) is 2.43. The molecule has 0 saturated carbocycles. The third-order valence-electron chi connectivity index (χ3n) is 5.92. The summed E-state index contributed by atoms with van der Waals surface area (Å²) in [5, 5.41) is 0.370. The van der Waals surface area contributed by atoms with Gasteiger partial charge in [0.15, 0.2) is 5.78 Å². The molecule has 1 N–H and O–H groups in total. The monoisotopic (exact) mass is 423 g/mol. The number of Topliss-reactive ketones (excluding diaryl/α,β-unsaturated/α-hetero) is 1. The van der Waals surface area contributed by atoms with Crippen LogP contribution in [0.4, 0.5) is 4.39 Å². The molecule has 1 aromatic carbocycles. The number of hydrogen-bond donors (Lipinski definition) is 1. The van der Waals surface area contributed by atoms with Crippen LogP contribution in [0.15, 0.2) is 36.7 Å². The van der Waals surface area contributed by atoms with E-state index in [-0.39, 0.29) is 29.9 Å². The van der Waals surface area contributed by atoms with Gasteiger partial charge < -0.3 is 19.0 Å². The van der Waals surface area contributed by atoms with E-state index in [1.165, 1.54) is 24.5 Å². The van der Waals surface area contributed by atoms with Crippen molar-refractivity contribution in [3.63, 3.8) is 0 Å². The Balaban J connectivity index is 1.76. The number of esters is 2. The molecule has 0 amide bonds. The zero-order valence-corrected chi connectivity index (χ0v) is 16.8. The summed E-state index contributed by atoms with van der Waals surface area (Å²) < 4.78 is 27.0. The van der Waals surface area contributed by atoms with Crippen LogP contribution in [-0.4, -0.2) is 32.3 Å². The van der Waals surface area contributed by atoms with E-state index in [2.05, 4.69) is 9.97 Å². The molecule has 1 aliphatic carbocycles. The Kier molecular flexibility index (Phi) is 4.11. The summed E-state index contributed by atoms with van der Waals surface area (Å²) in [6.45, 7) is 1.83. The van der Waals surface area contributed by atoms with E-state index in [4.69, 9.17) is 9.47 Å². The Hall–Kier alpha value is -3.75. The topological polar surface area (TPSA) is 103 Å². The Morgan fingerprint density at radius 2 is 1.94 bits per heavy atom. The summed E-state index contributed by atoms with van der Waals surface area (Å²) in [6, 6.07) is 4.08. The van der Waals surface area contributed by atoms with Gasteiger partial charge in [-0.25, -0.2) is 19.0 Å². The number of carbonyl (C=O) groups excluding carboxylic acids is 3. The normalized spacial score (nSPS) is 20.0. The lowest BCUT2D eigenvalue weighted by Gasteiger charge is -2.38. The summed E-state index contributed by atoms with van der Waals surface area (Å²) in [4.78, 5) is 45.5. The Labute approximate surface area is 175 Å². The molecule has 0 bridgehead atoms. The molecule has 0 fully saturated rings. The molecule has 9 heteroatoms. The molecule has 1 aliphatic heterocycles. The minimum atomic E-state index is -1.82. The number of imidazole rings is 1. The number of hydrogen-bond acceptors (Lipinski definition) is 6. The van der Waals surface area contributed by atoms with Crippen molar-refractivity contribution in [1.29, 1.82) is 0 Å². The summed E-state index contributed by atoms with van der Waals surface area (Å²) in [6.07, 6.45) is 3.67. The van der Waals surface area contributed by atoms with Gasteiger partial charge in [0.05, 0.1) is 17.6 Å². The minimum Gasteiger partial charge on any atom is -0.413 e. The highest BCUT2D eigenvalue weighted by molar-refractivity contribution is 6.12. The van der Waals surface area contributed by atoms with Crippen LogP contribution in [0.3, 0.4) is 0 Å². The van der Waals surface area contributed by atoms with E-state index in [1.807, 2.05) is 6.92 Å². The van der Waals surface area contributed by atoms with Gasteiger partial charge >= 0.3 is 17.7 Å². The maximum Gasteiger partial charge on any atom is 0.334 e. The predicted molar refractivity (Wildman–Crippen MR) is 105 cm³/mol. The van der Waals surface area contributed by atoms with Gasteiger partial charge in [-0.05, 0) is 25.1 Å². The van der Waals surface area contributed by atoms with Gasteiger partial charge in [-0.15, -0.1) is 0 Å². The molecular weight excluding hydrogens is 405 g/mol. The van der Waals surface area contributed by atoms with Crippen molar-refractivity contribution in [2.24, 2.45) is 13.0 Å². The molecule has 0 saturated heterocycles. The summed E-state index contributed by atoms with van der Waals surface area (Å²) in [5.74, 6) is -4.82. The molecule has 0 radical (unpaired) electrons. The van der Waals surface area contributed by atoms with Gasteiger partial charge in [-0.1, -0.05) is 0 Å². The van der Waals surface area contributed by atoms with E-state index < -0.39 is 29.5 Å². The third kappa shape index (κ3) is 2.88.